The molecular formula is C16H18FNO. The minimum Gasteiger partial charge on any atom is -0.496 e. The highest BCUT2D eigenvalue weighted by Gasteiger charge is 2.12. The third-order valence-corrected chi connectivity index (χ3v) is 3.46. The summed E-state index contributed by atoms with van der Waals surface area (Å²) in [5.74, 6) is 0.514. The van der Waals surface area contributed by atoms with E-state index >= 15 is 0 Å². The Labute approximate surface area is 113 Å². The molecule has 0 aromatic heterocycles. The molecule has 0 amide bonds. The van der Waals surface area contributed by atoms with Gasteiger partial charge in [0.2, 0.25) is 0 Å². The zero-order valence-corrected chi connectivity index (χ0v) is 11.5. The molecule has 0 bridgehead atoms. The van der Waals surface area contributed by atoms with Gasteiger partial charge < -0.3 is 10.5 Å². The highest BCUT2D eigenvalue weighted by atomic mass is 19.1. The molecule has 0 fully saturated rings. The molecule has 0 atom stereocenters. The molecular weight excluding hydrogens is 241 g/mol. The van der Waals surface area contributed by atoms with Crippen LogP contribution in [0.25, 0.3) is 11.1 Å². The maximum Gasteiger partial charge on any atom is 0.129 e. The molecule has 2 N–H and O–H groups in total. The van der Waals surface area contributed by atoms with Crippen LogP contribution in [-0.4, -0.2) is 7.11 Å². The van der Waals surface area contributed by atoms with Crippen LogP contribution in [0.3, 0.4) is 0 Å². The van der Waals surface area contributed by atoms with Crippen LogP contribution in [0.4, 0.5) is 4.39 Å². The van der Waals surface area contributed by atoms with Gasteiger partial charge in [-0.15, -0.1) is 0 Å². The Morgan fingerprint density at radius 1 is 1.16 bits per heavy atom. The van der Waals surface area contributed by atoms with E-state index in [2.05, 4.69) is 0 Å². The van der Waals surface area contributed by atoms with E-state index in [4.69, 9.17) is 10.5 Å². The molecule has 2 aromatic carbocycles. The summed E-state index contributed by atoms with van der Waals surface area (Å²) in [7, 11) is 1.63. The Morgan fingerprint density at radius 3 is 2.47 bits per heavy atom. The third kappa shape index (κ3) is 2.47. The summed E-state index contributed by atoms with van der Waals surface area (Å²) < 4.78 is 19.3. The van der Waals surface area contributed by atoms with Crippen molar-refractivity contribution in [1.82, 2.24) is 0 Å². The van der Waals surface area contributed by atoms with E-state index in [1.807, 2.05) is 32.0 Å². The maximum atomic E-state index is 13.8. The van der Waals surface area contributed by atoms with Gasteiger partial charge in [-0.1, -0.05) is 24.3 Å². The zero-order chi connectivity index (χ0) is 14.0. The van der Waals surface area contributed by atoms with Crippen LogP contribution in [0.1, 0.15) is 16.7 Å². The Hall–Kier alpha value is -1.87. The molecule has 0 saturated heterocycles. The third-order valence-electron chi connectivity index (χ3n) is 3.46. The largest absolute Gasteiger partial charge is 0.496 e. The smallest absolute Gasteiger partial charge is 0.129 e. The molecule has 2 rings (SSSR count). The number of halogens is 1. The number of aryl methyl sites for hydroxylation is 1. The first kappa shape index (κ1) is 13.6. The van der Waals surface area contributed by atoms with E-state index < -0.39 is 0 Å². The van der Waals surface area contributed by atoms with Crippen molar-refractivity contribution in [3.63, 3.8) is 0 Å². The average molecular weight is 259 g/mol. The van der Waals surface area contributed by atoms with Crippen molar-refractivity contribution in [2.75, 3.05) is 7.11 Å². The Morgan fingerprint density at radius 2 is 1.89 bits per heavy atom. The fraction of sp³-hybridized carbons (Fsp3) is 0.250. The van der Waals surface area contributed by atoms with Gasteiger partial charge in [0, 0.05) is 17.7 Å². The van der Waals surface area contributed by atoms with Crippen LogP contribution in [0, 0.1) is 19.7 Å². The van der Waals surface area contributed by atoms with Crippen molar-refractivity contribution >= 4 is 0 Å². The standard InChI is InChI=1S/C16H18FNO/c1-10-4-7-14(16(19-3)11(10)2)12-5-6-13(9-18)15(17)8-12/h4-8H,9,18H2,1-3H3. The first-order valence-electron chi connectivity index (χ1n) is 6.21. The van der Waals surface area contributed by atoms with Crippen molar-refractivity contribution in [2.45, 2.75) is 20.4 Å². The highest BCUT2D eigenvalue weighted by Crippen LogP contribution is 2.35. The summed E-state index contributed by atoms with van der Waals surface area (Å²) in [6.45, 7) is 4.23. The van der Waals surface area contributed by atoms with Crippen molar-refractivity contribution in [1.29, 1.82) is 0 Å². The van der Waals surface area contributed by atoms with Crippen LogP contribution < -0.4 is 10.5 Å². The van der Waals surface area contributed by atoms with Gasteiger partial charge in [-0.2, -0.15) is 0 Å². The van der Waals surface area contributed by atoms with Gasteiger partial charge in [-0.25, -0.2) is 4.39 Å². The molecule has 100 valence electrons. The Balaban J connectivity index is 2.59. The zero-order valence-electron chi connectivity index (χ0n) is 11.5. The second kappa shape index (κ2) is 5.41. The second-order valence-corrected chi connectivity index (χ2v) is 4.60. The van der Waals surface area contributed by atoms with Crippen molar-refractivity contribution < 1.29 is 9.13 Å². The summed E-state index contributed by atoms with van der Waals surface area (Å²) in [4.78, 5) is 0. The van der Waals surface area contributed by atoms with Crippen LogP contribution in [0.2, 0.25) is 0 Å². The molecule has 0 radical (unpaired) electrons. The molecule has 0 spiro atoms. The normalized spacial score (nSPS) is 10.6. The van der Waals surface area contributed by atoms with E-state index in [0.29, 0.717) is 5.56 Å². The summed E-state index contributed by atoms with van der Waals surface area (Å²) >= 11 is 0. The molecule has 2 aromatic rings. The highest BCUT2D eigenvalue weighted by molar-refractivity contribution is 5.73. The number of ether oxygens (including phenoxy) is 1. The number of nitrogens with two attached hydrogens (primary N) is 1. The minimum atomic E-state index is -0.278. The lowest BCUT2D eigenvalue weighted by atomic mass is 9.97. The van der Waals surface area contributed by atoms with E-state index in [9.17, 15) is 4.39 Å². The number of methoxy groups -OCH3 is 1. The summed E-state index contributed by atoms with van der Waals surface area (Å²) in [5, 5.41) is 0. The van der Waals surface area contributed by atoms with Crippen LogP contribution >= 0.6 is 0 Å². The van der Waals surface area contributed by atoms with Crippen molar-refractivity contribution in [3.05, 3.63) is 52.8 Å². The number of hydrogen-bond donors (Lipinski definition) is 1. The molecule has 3 heteroatoms. The first-order chi connectivity index (χ1) is 9.08. The minimum absolute atomic E-state index is 0.205. The average Bonchev–Trinajstić information content (AvgIpc) is 2.41. The van der Waals surface area contributed by atoms with Crippen molar-refractivity contribution in [2.24, 2.45) is 5.73 Å². The molecule has 0 aliphatic rings. The lowest BCUT2D eigenvalue weighted by Gasteiger charge is -2.14. The lowest BCUT2D eigenvalue weighted by Crippen LogP contribution is -2.00. The van der Waals surface area contributed by atoms with Crippen LogP contribution in [-0.2, 0) is 6.54 Å². The quantitative estimate of drug-likeness (QED) is 0.914. The van der Waals surface area contributed by atoms with Gasteiger partial charge in [-0.05, 0) is 36.6 Å². The second-order valence-electron chi connectivity index (χ2n) is 4.60. The predicted octanol–water partition coefficient (Wildman–Crippen LogP) is 3.58. The van der Waals surface area contributed by atoms with E-state index in [-0.39, 0.29) is 12.4 Å². The summed E-state index contributed by atoms with van der Waals surface area (Å²) in [6, 6.07) is 9.08. The van der Waals surface area contributed by atoms with Gasteiger partial charge in [-0.3, -0.25) is 0 Å². The fourth-order valence-corrected chi connectivity index (χ4v) is 2.16. The van der Waals surface area contributed by atoms with Crippen LogP contribution in [0.15, 0.2) is 30.3 Å². The van der Waals surface area contributed by atoms with Gasteiger partial charge in [0.1, 0.15) is 11.6 Å². The molecule has 0 unspecified atom stereocenters. The van der Waals surface area contributed by atoms with Crippen molar-refractivity contribution in [3.8, 4) is 16.9 Å². The predicted molar refractivity (Wildman–Crippen MR) is 75.8 cm³/mol. The lowest BCUT2D eigenvalue weighted by molar-refractivity contribution is 0.413. The number of hydrogen-bond acceptors (Lipinski definition) is 2. The first-order valence-corrected chi connectivity index (χ1v) is 6.21. The van der Waals surface area contributed by atoms with Gasteiger partial charge >= 0.3 is 0 Å². The molecule has 19 heavy (non-hydrogen) atoms. The Kier molecular flexibility index (Phi) is 3.86. The fourth-order valence-electron chi connectivity index (χ4n) is 2.16. The Bertz CT molecular complexity index is 608. The summed E-state index contributed by atoms with van der Waals surface area (Å²) in [6.07, 6.45) is 0. The summed E-state index contributed by atoms with van der Waals surface area (Å²) in [5.41, 5.74) is 9.92. The molecule has 0 heterocycles. The number of benzene rings is 2. The maximum absolute atomic E-state index is 13.8. The topological polar surface area (TPSA) is 35.2 Å². The monoisotopic (exact) mass is 259 g/mol. The van der Waals surface area contributed by atoms with Gasteiger partial charge in [0.05, 0.1) is 7.11 Å². The molecule has 0 aliphatic carbocycles. The van der Waals surface area contributed by atoms with Crippen LogP contribution in [0.5, 0.6) is 5.75 Å². The molecule has 2 nitrogen and oxygen atoms in total. The number of rotatable bonds is 3. The SMILES string of the molecule is COc1c(-c2ccc(CN)c(F)c2)ccc(C)c1C. The van der Waals surface area contributed by atoms with E-state index in [0.717, 1.165) is 28.0 Å². The van der Waals surface area contributed by atoms with E-state index in [1.54, 1.807) is 13.2 Å². The molecule has 0 saturated carbocycles. The van der Waals surface area contributed by atoms with Gasteiger partial charge in [0.15, 0.2) is 0 Å². The molecule has 0 aliphatic heterocycles. The van der Waals surface area contributed by atoms with Gasteiger partial charge in [0.25, 0.3) is 0 Å². The van der Waals surface area contributed by atoms with E-state index in [1.165, 1.54) is 6.07 Å².